The average Bonchev–Trinajstić information content (AvgIpc) is 2.94. The van der Waals surface area contributed by atoms with Crippen molar-refractivity contribution in [2.75, 3.05) is 18.0 Å². The number of carbonyl (C=O) groups excluding carboxylic acids is 1. The lowest BCUT2D eigenvalue weighted by Crippen LogP contribution is -2.42. The molecule has 6 nitrogen and oxygen atoms in total. The molecule has 0 saturated carbocycles. The van der Waals surface area contributed by atoms with Crippen molar-refractivity contribution in [1.29, 1.82) is 0 Å². The Kier molecular flexibility index (Phi) is 3.53. The van der Waals surface area contributed by atoms with E-state index in [1.807, 2.05) is 10.6 Å². The zero-order valence-electron chi connectivity index (χ0n) is 12.5. The second kappa shape index (κ2) is 5.35. The van der Waals surface area contributed by atoms with Gasteiger partial charge in [-0.15, -0.1) is 0 Å². The molecule has 1 fully saturated rings. The number of amides is 1. The number of hydrogen-bond donors (Lipinski definition) is 1. The largest absolute Gasteiger partial charge is 0.369 e. The van der Waals surface area contributed by atoms with Crippen molar-refractivity contribution in [1.82, 2.24) is 14.6 Å². The van der Waals surface area contributed by atoms with E-state index in [1.165, 1.54) is 0 Å². The number of hydrogen-bond acceptors (Lipinski definition) is 4. The van der Waals surface area contributed by atoms with Crippen molar-refractivity contribution in [3.8, 4) is 0 Å². The van der Waals surface area contributed by atoms with Gasteiger partial charge in [0.1, 0.15) is 5.82 Å². The van der Waals surface area contributed by atoms with Gasteiger partial charge in [-0.3, -0.25) is 4.79 Å². The van der Waals surface area contributed by atoms with Crippen LogP contribution in [0.25, 0.3) is 5.65 Å². The number of piperidine rings is 1. The molecular weight excluding hydrogens is 266 g/mol. The number of rotatable bonds is 3. The summed E-state index contributed by atoms with van der Waals surface area (Å²) in [5, 5.41) is 4.36. The van der Waals surface area contributed by atoms with Gasteiger partial charge in [-0.25, -0.2) is 4.98 Å². The van der Waals surface area contributed by atoms with Crippen LogP contribution < -0.4 is 10.6 Å². The lowest BCUT2D eigenvalue weighted by molar-refractivity contribution is -0.122. The van der Waals surface area contributed by atoms with E-state index < -0.39 is 0 Å². The molecule has 0 aromatic carbocycles. The maximum atomic E-state index is 11.5. The lowest BCUT2D eigenvalue weighted by atomic mass is 9.97. The van der Waals surface area contributed by atoms with Gasteiger partial charge in [0.2, 0.25) is 5.91 Å². The lowest BCUT2D eigenvalue weighted by Gasteiger charge is -2.33. The van der Waals surface area contributed by atoms with E-state index in [9.17, 15) is 4.79 Å². The van der Waals surface area contributed by atoms with Gasteiger partial charge >= 0.3 is 0 Å². The zero-order valence-corrected chi connectivity index (χ0v) is 12.5. The fourth-order valence-electron chi connectivity index (χ4n) is 2.85. The van der Waals surface area contributed by atoms with Crippen LogP contribution >= 0.6 is 0 Å². The first kappa shape index (κ1) is 13.9. The normalized spacial score (nSPS) is 19.4. The topological polar surface area (TPSA) is 76.5 Å². The molecule has 1 unspecified atom stereocenters. The summed E-state index contributed by atoms with van der Waals surface area (Å²) < 4.78 is 1.84. The predicted molar refractivity (Wildman–Crippen MR) is 81.2 cm³/mol. The molecule has 0 bridgehead atoms. The molecule has 1 saturated heterocycles. The molecule has 6 heteroatoms. The highest BCUT2D eigenvalue weighted by Gasteiger charge is 2.26. The Bertz CT molecular complexity index is 663. The van der Waals surface area contributed by atoms with Crippen LogP contribution in [0.2, 0.25) is 0 Å². The fraction of sp³-hybridized carbons (Fsp3) is 0.533. The van der Waals surface area contributed by atoms with E-state index in [2.05, 4.69) is 34.9 Å². The third-order valence-corrected chi connectivity index (χ3v) is 4.10. The van der Waals surface area contributed by atoms with Gasteiger partial charge in [0.05, 0.1) is 12.1 Å². The highest BCUT2D eigenvalue weighted by atomic mass is 16.1. The Labute approximate surface area is 123 Å². The van der Waals surface area contributed by atoms with Crippen molar-refractivity contribution < 1.29 is 4.79 Å². The van der Waals surface area contributed by atoms with Gasteiger partial charge in [-0.05, 0) is 18.8 Å². The first-order valence-corrected chi connectivity index (χ1v) is 7.45. The van der Waals surface area contributed by atoms with Gasteiger partial charge in [0, 0.05) is 30.9 Å². The maximum absolute atomic E-state index is 11.5. The van der Waals surface area contributed by atoms with Crippen LogP contribution in [0.5, 0.6) is 0 Å². The molecule has 1 amide bonds. The predicted octanol–water partition coefficient (Wildman–Crippen LogP) is 1.55. The summed E-state index contributed by atoms with van der Waals surface area (Å²) >= 11 is 0. The van der Waals surface area contributed by atoms with Crippen LogP contribution in [0.3, 0.4) is 0 Å². The summed E-state index contributed by atoms with van der Waals surface area (Å²) in [4.78, 5) is 18.3. The molecule has 1 atom stereocenters. The molecule has 21 heavy (non-hydrogen) atoms. The second-order valence-corrected chi connectivity index (χ2v) is 5.98. The average molecular weight is 287 g/mol. The molecule has 0 spiro atoms. The number of carbonyl (C=O) groups is 1. The number of fused-ring (bicyclic) bond motifs is 1. The molecule has 3 heterocycles. The van der Waals surface area contributed by atoms with Gasteiger partial charge in [-0.2, -0.15) is 9.61 Å². The molecule has 1 aliphatic rings. The SMILES string of the molecule is CC(C)c1cc(N2CCCC(C(N)=O)C2)n2nccc2n1. The van der Waals surface area contributed by atoms with Crippen molar-refractivity contribution in [2.24, 2.45) is 11.7 Å². The monoisotopic (exact) mass is 287 g/mol. The highest BCUT2D eigenvalue weighted by Crippen LogP contribution is 2.26. The van der Waals surface area contributed by atoms with E-state index in [0.29, 0.717) is 12.5 Å². The Balaban J connectivity index is 2.02. The second-order valence-electron chi connectivity index (χ2n) is 5.98. The van der Waals surface area contributed by atoms with Crippen molar-refractivity contribution in [3.63, 3.8) is 0 Å². The molecule has 3 rings (SSSR count). The number of anilines is 1. The van der Waals surface area contributed by atoms with Gasteiger partial charge in [-0.1, -0.05) is 13.8 Å². The minimum atomic E-state index is -0.213. The highest BCUT2D eigenvalue weighted by molar-refractivity contribution is 5.77. The van der Waals surface area contributed by atoms with Crippen molar-refractivity contribution in [3.05, 3.63) is 24.0 Å². The third-order valence-electron chi connectivity index (χ3n) is 4.10. The van der Waals surface area contributed by atoms with Crippen LogP contribution in [0.4, 0.5) is 5.82 Å². The number of nitrogens with zero attached hydrogens (tertiary/aromatic N) is 4. The third kappa shape index (κ3) is 2.57. The zero-order chi connectivity index (χ0) is 15.0. The number of primary amides is 1. The molecule has 0 aliphatic carbocycles. The Morgan fingerprint density at radius 1 is 1.48 bits per heavy atom. The molecule has 1 aliphatic heterocycles. The fourth-order valence-corrected chi connectivity index (χ4v) is 2.85. The summed E-state index contributed by atoms with van der Waals surface area (Å²) in [6.07, 6.45) is 3.59. The Hall–Kier alpha value is -2.11. The van der Waals surface area contributed by atoms with Crippen LogP contribution in [0.15, 0.2) is 18.3 Å². The van der Waals surface area contributed by atoms with Crippen LogP contribution in [0, 0.1) is 5.92 Å². The van der Waals surface area contributed by atoms with Crippen molar-refractivity contribution >= 4 is 17.4 Å². The molecule has 0 radical (unpaired) electrons. The van der Waals surface area contributed by atoms with E-state index in [1.54, 1.807) is 6.20 Å². The molecule has 112 valence electrons. The first-order valence-electron chi connectivity index (χ1n) is 7.45. The first-order chi connectivity index (χ1) is 10.1. The quantitative estimate of drug-likeness (QED) is 0.929. The minimum absolute atomic E-state index is 0.0833. The molecular formula is C15H21N5O. The van der Waals surface area contributed by atoms with Gasteiger partial charge in [0.25, 0.3) is 0 Å². The van der Waals surface area contributed by atoms with Crippen LogP contribution in [0.1, 0.15) is 38.3 Å². The summed E-state index contributed by atoms with van der Waals surface area (Å²) in [7, 11) is 0. The summed E-state index contributed by atoms with van der Waals surface area (Å²) in [5.41, 5.74) is 7.36. The molecule has 2 aromatic rings. The van der Waals surface area contributed by atoms with E-state index in [-0.39, 0.29) is 11.8 Å². The number of nitrogens with two attached hydrogens (primary N) is 1. The van der Waals surface area contributed by atoms with E-state index in [0.717, 1.165) is 36.5 Å². The maximum Gasteiger partial charge on any atom is 0.222 e. The summed E-state index contributed by atoms with van der Waals surface area (Å²) in [6, 6.07) is 3.99. The smallest absolute Gasteiger partial charge is 0.222 e. The van der Waals surface area contributed by atoms with Crippen LogP contribution in [-0.2, 0) is 4.79 Å². The summed E-state index contributed by atoms with van der Waals surface area (Å²) in [6.45, 7) is 5.83. The van der Waals surface area contributed by atoms with Crippen LogP contribution in [-0.4, -0.2) is 33.6 Å². The van der Waals surface area contributed by atoms with Crippen molar-refractivity contribution in [2.45, 2.75) is 32.6 Å². The van der Waals surface area contributed by atoms with E-state index >= 15 is 0 Å². The Morgan fingerprint density at radius 3 is 3.00 bits per heavy atom. The van der Waals surface area contributed by atoms with Gasteiger partial charge in [0.15, 0.2) is 5.65 Å². The Morgan fingerprint density at radius 2 is 2.29 bits per heavy atom. The standard InChI is InChI=1S/C15H21N5O/c1-10(2)12-8-14(20-13(18-12)5-6-17-20)19-7-3-4-11(9-19)15(16)21/h5-6,8,10-11H,3-4,7,9H2,1-2H3,(H2,16,21). The van der Waals surface area contributed by atoms with E-state index in [4.69, 9.17) is 5.73 Å². The molecule has 2 aromatic heterocycles. The number of aromatic nitrogens is 3. The van der Waals surface area contributed by atoms with Gasteiger partial charge < -0.3 is 10.6 Å². The minimum Gasteiger partial charge on any atom is -0.369 e. The summed E-state index contributed by atoms with van der Waals surface area (Å²) in [5.74, 6) is 1.05. The molecule has 2 N–H and O–H groups in total.